The largest absolute Gasteiger partial charge is 0.489 e. The lowest BCUT2D eigenvalue weighted by molar-refractivity contribution is -0.137. The monoisotopic (exact) mass is 448 g/mol. The summed E-state index contributed by atoms with van der Waals surface area (Å²) < 4.78 is 6.10. The van der Waals surface area contributed by atoms with Crippen LogP contribution in [0.15, 0.2) is 47.5 Å². The van der Waals surface area contributed by atoms with Crippen LogP contribution in [0.3, 0.4) is 0 Å². The third kappa shape index (κ3) is 4.92. The van der Waals surface area contributed by atoms with E-state index in [4.69, 9.17) is 4.74 Å². The molecule has 2 aromatic rings. The van der Waals surface area contributed by atoms with E-state index in [9.17, 15) is 9.90 Å². The zero-order valence-corrected chi connectivity index (χ0v) is 20.3. The Bertz CT molecular complexity index is 1030. The molecule has 5 nitrogen and oxygen atoms in total. The number of nitrogens with zero attached hydrogens (tertiary/aromatic N) is 2. The van der Waals surface area contributed by atoms with Crippen molar-refractivity contribution in [1.29, 1.82) is 0 Å². The minimum Gasteiger partial charge on any atom is -0.489 e. The van der Waals surface area contributed by atoms with Gasteiger partial charge in [-0.15, -0.1) is 0 Å². The smallest absolute Gasteiger partial charge is 0.304 e. The lowest BCUT2D eigenvalue weighted by atomic mass is 9.66. The molecule has 4 rings (SSSR count). The van der Waals surface area contributed by atoms with Crippen LogP contribution in [0, 0.1) is 0 Å². The van der Waals surface area contributed by atoms with E-state index in [2.05, 4.69) is 48.9 Å². The van der Waals surface area contributed by atoms with Gasteiger partial charge in [-0.1, -0.05) is 51.1 Å². The second-order valence-electron chi connectivity index (χ2n) is 9.95. The summed E-state index contributed by atoms with van der Waals surface area (Å²) in [7, 11) is 1.97. The highest BCUT2D eigenvalue weighted by molar-refractivity contribution is 5.93. The number of aliphatic imine (C=N–C) groups is 1. The molecule has 1 heterocycles. The summed E-state index contributed by atoms with van der Waals surface area (Å²) in [4.78, 5) is 18.1. The zero-order valence-electron chi connectivity index (χ0n) is 20.3. The van der Waals surface area contributed by atoms with Gasteiger partial charge < -0.3 is 14.7 Å². The predicted molar refractivity (Wildman–Crippen MR) is 132 cm³/mol. The summed E-state index contributed by atoms with van der Waals surface area (Å²) in [6.45, 7) is 9.09. The van der Waals surface area contributed by atoms with Crippen LogP contribution >= 0.6 is 0 Å². The molecule has 33 heavy (non-hydrogen) atoms. The number of benzene rings is 2. The first-order valence-electron chi connectivity index (χ1n) is 12.1. The lowest BCUT2D eigenvalue weighted by Crippen LogP contribution is -2.29. The molecule has 3 unspecified atom stereocenters. The number of ether oxygens (including phenoxy) is 1. The van der Waals surface area contributed by atoms with Crippen molar-refractivity contribution in [3.05, 3.63) is 64.7 Å². The molecule has 3 atom stereocenters. The molecular weight excluding hydrogens is 412 g/mol. The molecule has 0 fully saturated rings. The van der Waals surface area contributed by atoms with Crippen molar-refractivity contribution in [1.82, 2.24) is 4.90 Å². The van der Waals surface area contributed by atoms with Crippen molar-refractivity contribution in [3.8, 4) is 5.75 Å². The molecule has 5 heteroatoms. The van der Waals surface area contributed by atoms with Crippen molar-refractivity contribution in [3.63, 3.8) is 0 Å². The first-order valence-corrected chi connectivity index (χ1v) is 12.1. The van der Waals surface area contributed by atoms with Crippen LogP contribution < -0.4 is 4.74 Å². The lowest BCUT2D eigenvalue weighted by Gasteiger charge is -2.38. The number of carboxylic acids is 1. The number of hydrogen-bond acceptors (Lipinski definition) is 4. The van der Waals surface area contributed by atoms with Crippen LogP contribution in [0.5, 0.6) is 5.75 Å². The van der Waals surface area contributed by atoms with Gasteiger partial charge in [0.15, 0.2) is 0 Å². The number of carbonyl (C=O) groups is 1. The van der Waals surface area contributed by atoms with Gasteiger partial charge in [0.2, 0.25) is 0 Å². The third-order valence-corrected chi connectivity index (χ3v) is 7.69. The summed E-state index contributed by atoms with van der Waals surface area (Å²) in [6.07, 6.45) is 3.69. The standard InChI is InChI=1S/C28H36N2O3/c1-5-28(3)13-12-19(2)23-16-20(6-11-25(23)28)18-33-22-9-7-21(8-10-22)24(17-26(31)32)27-29-14-15-30(27)4/h6-11,16,19,24H,5,12-15,17-18H2,1-4H3,(H,31,32). The van der Waals surface area contributed by atoms with E-state index >= 15 is 0 Å². The van der Waals surface area contributed by atoms with Gasteiger partial charge in [0.1, 0.15) is 18.2 Å². The molecule has 1 aliphatic carbocycles. The van der Waals surface area contributed by atoms with E-state index in [1.807, 2.05) is 31.3 Å². The van der Waals surface area contributed by atoms with E-state index in [0.717, 1.165) is 30.2 Å². The minimum atomic E-state index is -0.816. The molecule has 1 aliphatic heterocycles. The van der Waals surface area contributed by atoms with Gasteiger partial charge >= 0.3 is 5.97 Å². The van der Waals surface area contributed by atoms with Crippen LogP contribution in [0.4, 0.5) is 0 Å². The Kier molecular flexibility index (Phi) is 6.78. The fourth-order valence-corrected chi connectivity index (χ4v) is 5.27. The topological polar surface area (TPSA) is 62.1 Å². The Morgan fingerprint density at radius 3 is 2.67 bits per heavy atom. The number of rotatable bonds is 8. The number of carboxylic acid groups (broad SMARTS) is 1. The quantitative estimate of drug-likeness (QED) is 0.560. The predicted octanol–water partition coefficient (Wildman–Crippen LogP) is 5.73. The summed E-state index contributed by atoms with van der Waals surface area (Å²) in [5, 5.41) is 9.41. The van der Waals surface area contributed by atoms with Crippen LogP contribution in [0.1, 0.15) is 80.5 Å². The SMILES string of the molecule is CCC1(C)CCC(C)c2cc(COc3ccc(C(CC(=O)O)C4=NCCN4C)cc3)ccc21. The third-order valence-electron chi connectivity index (χ3n) is 7.69. The van der Waals surface area contributed by atoms with Gasteiger partial charge in [0.05, 0.1) is 18.9 Å². The number of amidine groups is 1. The Balaban J connectivity index is 1.46. The maximum Gasteiger partial charge on any atom is 0.304 e. The van der Waals surface area contributed by atoms with Crippen molar-refractivity contribution in [2.24, 2.45) is 4.99 Å². The average Bonchev–Trinajstić information content (AvgIpc) is 3.24. The summed E-state index contributed by atoms with van der Waals surface area (Å²) >= 11 is 0. The molecule has 1 N–H and O–H groups in total. The maximum atomic E-state index is 11.5. The van der Waals surface area contributed by atoms with E-state index in [0.29, 0.717) is 12.5 Å². The van der Waals surface area contributed by atoms with Crippen LogP contribution in [0.25, 0.3) is 0 Å². The van der Waals surface area contributed by atoms with Crippen LogP contribution in [-0.4, -0.2) is 41.9 Å². The number of aliphatic carboxylic acids is 1. The molecular formula is C28H36N2O3. The van der Waals surface area contributed by atoms with E-state index in [-0.39, 0.29) is 17.8 Å². The highest BCUT2D eigenvalue weighted by Crippen LogP contribution is 2.44. The molecule has 2 aliphatic rings. The van der Waals surface area contributed by atoms with Crippen molar-refractivity contribution < 1.29 is 14.6 Å². The van der Waals surface area contributed by atoms with Crippen molar-refractivity contribution in [2.75, 3.05) is 20.1 Å². The number of fused-ring (bicyclic) bond motifs is 1. The minimum absolute atomic E-state index is 0.0351. The molecule has 176 valence electrons. The van der Waals surface area contributed by atoms with Crippen LogP contribution in [0.2, 0.25) is 0 Å². The highest BCUT2D eigenvalue weighted by Gasteiger charge is 2.33. The Hall–Kier alpha value is -2.82. The maximum absolute atomic E-state index is 11.5. The van der Waals surface area contributed by atoms with Gasteiger partial charge in [-0.25, -0.2) is 0 Å². The van der Waals surface area contributed by atoms with E-state index in [1.165, 1.54) is 36.0 Å². The van der Waals surface area contributed by atoms with Gasteiger partial charge in [0.25, 0.3) is 0 Å². The molecule has 2 aromatic carbocycles. The van der Waals surface area contributed by atoms with Crippen molar-refractivity contribution >= 4 is 11.8 Å². The normalized spacial score (nSPS) is 23.1. The van der Waals surface area contributed by atoms with Gasteiger partial charge in [-0.3, -0.25) is 9.79 Å². The Morgan fingerprint density at radius 1 is 1.27 bits per heavy atom. The molecule has 0 saturated carbocycles. The Labute approximate surface area is 197 Å². The summed E-state index contributed by atoms with van der Waals surface area (Å²) in [5.74, 6) is 1.18. The van der Waals surface area contributed by atoms with Gasteiger partial charge in [-0.05, 0) is 65.0 Å². The van der Waals surface area contributed by atoms with Crippen LogP contribution in [-0.2, 0) is 16.8 Å². The second kappa shape index (κ2) is 9.58. The molecule has 0 radical (unpaired) electrons. The molecule has 0 saturated heterocycles. The molecule has 0 amide bonds. The first kappa shape index (κ1) is 23.3. The van der Waals surface area contributed by atoms with E-state index < -0.39 is 5.97 Å². The Morgan fingerprint density at radius 2 is 2.03 bits per heavy atom. The van der Waals surface area contributed by atoms with E-state index in [1.54, 1.807) is 0 Å². The molecule has 0 bridgehead atoms. The molecule has 0 spiro atoms. The zero-order chi connectivity index (χ0) is 23.6. The first-order chi connectivity index (χ1) is 15.8. The highest BCUT2D eigenvalue weighted by atomic mass is 16.5. The fourth-order valence-electron chi connectivity index (χ4n) is 5.27. The molecule has 0 aromatic heterocycles. The summed E-state index contributed by atoms with van der Waals surface area (Å²) in [5.41, 5.74) is 5.40. The fraction of sp³-hybridized carbons (Fsp3) is 0.500. The van der Waals surface area contributed by atoms with Gasteiger partial charge in [0, 0.05) is 13.6 Å². The number of hydrogen-bond donors (Lipinski definition) is 1. The van der Waals surface area contributed by atoms with Gasteiger partial charge in [-0.2, -0.15) is 0 Å². The second-order valence-corrected chi connectivity index (χ2v) is 9.95. The average molecular weight is 449 g/mol. The summed E-state index contributed by atoms with van der Waals surface area (Å²) in [6, 6.07) is 14.7. The van der Waals surface area contributed by atoms with Crippen molar-refractivity contribution in [2.45, 2.75) is 70.3 Å². The number of likely N-dealkylation sites (N-methyl/N-ethyl adjacent to an activating group) is 1.